The standard InChI is InChI=1S/C26H29NO4/c1-17(26(28)29-3)22-11-7-10-20-16-21(12-13-23(20)22)30-15-14-24-18(2)31-25(27-24)19-8-5-4-6-9-19/h4-6,8-9,12-13,16-17,22H,7,10-11,14-15H2,1-3H3/t17-,22-/m0/s1. The van der Waals surface area contributed by atoms with Gasteiger partial charge in [-0.25, -0.2) is 4.98 Å². The Labute approximate surface area is 183 Å². The van der Waals surface area contributed by atoms with E-state index in [-0.39, 0.29) is 17.8 Å². The third-order valence-corrected chi connectivity index (χ3v) is 6.17. The molecule has 5 heteroatoms. The first kappa shape index (κ1) is 21.2. The number of ether oxygens (including phenoxy) is 2. The number of hydrogen-bond acceptors (Lipinski definition) is 5. The molecule has 1 aliphatic carbocycles. The smallest absolute Gasteiger partial charge is 0.308 e. The van der Waals surface area contributed by atoms with Crippen LogP contribution in [0.4, 0.5) is 0 Å². The zero-order valence-corrected chi connectivity index (χ0v) is 18.4. The molecule has 1 heterocycles. The van der Waals surface area contributed by atoms with Crippen LogP contribution in [0.5, 0.6) is 5.75 Å². The van der Waals surface area contributed by atoms with Crippen molar-refractivity contribution in [2.45, 2.75) is 45.4 Å². The van der Waals surface area contributed by atoms with E-state index in [0.717, 1.165) is 42.0 Å². The Bertz CT molecular complexity index is 1040. The molecule has 0 radical (unpaired) electrons. The first-order chi connectivity index (χ1) is 15.1. The highest BCUT2D eigenvalue weighted by atomic mass is 16.5. The molecule has 1 aliphatic rings. The normalized spacial score (nSPS) is 16.4. The van der Waals surface area contributed by atoms with Gasteiger partial charge in [0.25, 0.3) is 0 Å². The number of hydrogen-bond donors (Lipinski definition) is 0. The molecular formula is C26H29NO4. The van der Waals surface area contributed by atoms with Gasteiger partial charge >= 0.3 is 5.97 Å². The predicted molar refractivity (Wildman–Crippen MR) is 119 cm³/mol. The van der Waals surface area contributed by atoms with Crippen LogP contribution in [0.25, 0.3) is 11.5 Å². The van der Waals surface area contributed by atoms with Crippen molar-refractivity contribution in [1.82, 2.24) is 4.98 Å². The number of benzene rings is 2. The van der Waals surface area contributed by atoms with Crippen LogP contribution in [-0.2, 0) is 22.4 Å². The second kappa shape index (κ2) is 9.38. The first-order valence-corrected chi connectivity index (χ1v) is 10.9. The molecule has 0 bridgehead atoms. The van der Waals surface area contributed by atoms with E-state index in [1.165, 1.54) is 18.2 Å². The molecule has 1 aromatic heterocycles. The molecule has 3 aromatic rings. The molecule has 0 N–H and O–H groups in total. The van der Waals surface area contributed by atoms with Crippen LogP contribution in [-0.4, -0.2) is 24.7 Å². The number of nitrogens with zero attached hydrogens (tertiary/aromatic N) is 1. The summed E-state index contributed by atoms with van der Waals surface area (Å²) < 4.78 is 16.8. The Morgan fingerprint density at radius 3 is 2.81 bits per heavy atom. The van der Waals surface area contributed by atoms with Crippen molar-refractivity contribution >= 4 is 5.97 Å². The molecule has 5 nitrogen and oxygen atoms in total. The Kier molecular flexibility index (Phi) is 6.40. The van der Waals surface area contributed by atoms with Gasteiger partial charge in [0.15, 0.2) is 0 Å². The zero-order chi connectivity index (χ0) is 21.8. The number of aromatic nitrogens is 1. The minimum atomic E-state index is -0.143. The van der Waals surface area contributed by atoms with Gasteiger partial charge < -0.3 is 13.9 Å². The third-order valence-electron chi connectivity index (χ3n) is 6.17. The van der Waals surface area contributed by atoms with Crippen LogP contribution in [0.2, 0.25) is 0 Å². The lowest BCUT2D eigenvalue weighted by Gasteiger charge is -2.29. The molecule has 31 heavy (non-hydrogen) atoms. The second-order valence-corrected chi connectivity index (χ2v) is 8.16. The molecule has 2 atom stereocenters. The minimum absolute atomic E-state index is 0.134. The molecule has 0 saturated heterocycles. The molecular weight excluding hydrogens is 390 g/mol. The molecule has 0 spiro atoms. The lowest BCUT2D eigenvalue weighted by molar-refractivity contribution is -0.145. The summed E-state index contributed by atoms with van der Waals surface area (Å²) in [4.78, 5) is 16.7. The minimum Gasteiger partial charge on any atom is -0.493 e. The van der Waals surface area contributed by atoms with Crippen molar-refractivity contribution in [3.05, 3.63) is 71.1 Å². The molecule has 4 rings (SSSR count). The van der Waals surface area contributed by atoms with Crippen molar-refractivity contribution in [3.8, 4) is 17.2 Å². The number of methoxy groups -OCH3 is 1. The van der Waals surface area contributed by atoms with E-state index in [0.29, 0.717) is 18.9 Å². The van der Waals surface area contributed by atoms with Gasteiger partial charge in [-0.05, 0) is 67.5 Å². The Balaban J connectivity index is 1.40. The van der Waals surface area contributed by atoms with E-state index in [2.05, 4.69) is 17.1 Å². The van der Waals surface area contributed by atoms with Crippen LogP contribution in [0, 0.1) is 12.8 Å². The number of oxazole rings is 1. The van der Waals surface area contributed by atoms with Gasteiger partial charge in [-0.1, -0.05) is 31.2 Å². The number of esters is 1. The molecule has 0 saturated carbocycles. The summed E-state index contributed by atoms with van der Waals surface area (Å²) in [6, 6.07) is 16.2. The van der Waals surface area contributed by atoms with Crippen molar-refractivity contribution in [3.63, 3.8) is 0 Å². The SMILES string of the molecule is COC(=O)[C@@H](C)[C@@H]1CCCc2cc(OCCc3nc(-c4ccccc4)oc3C)ccc21. The lowest BCUT2D eigenvalue weighted by Crippen LogP contribution is -2.24. The molecule has 162 valence electrons. The van der Waals surface area contributed by atoms with Crippen LogP contribution in [0.15, 0.2) is 52.9 Å². The Morgan fingerprint density at radius 2 is 2.03 bits per heavy atom. The summed E-state index contributed by atoms with van der Waals surface area (Å²) in [5.74, 6) is 2.26. The number of carbonyl (C=O) groups excluding carboxylic acids is 1. The van der Waals surface area contributed by atoms with Gasteiger partial charge in [-0.2, -0.15) is 0 Å². The number of aryl methyl sites for hydroxylation is 2. The van der Waals surface area contributed by atoms with Crippen molar-refractivity contribution in [1.29, 1.82) is 0 Å². The fourth-order valence-corrected chi connectivity index (χ4v) is 4.42. The van der Waals surface area contributed by atoms with Gasteiger partial charge in [0.2, 0.25) is 5.89 Å². The average Bonchev–Trinajstić information content (AvgIpc) is 3.18. The number of fused-ring (bicyclic) bond motifs is 1. The van der Waals surface area contributed by atoms with E-state index in [1.807, 2.05) is 50.2 Å². The largest absolute Gasteiger partial charge is 0.493 e. The number of carbonyl (C=O) groups is 1. The summed E-state index contributed by atoms with van der Waals surface area (Å²) in [5.41, 5.74) is 4.41. The van der Waals surface area contributed by atoms with Crippen LogP contribution >= 0.6 is 0 Å². The fourth-order valence-electron chi connectivity index (χ4n) is 4.42. The topological polar surface area (TPSA) is 61.6 Å². The Hall–Kier alpha value is -3.08. The quantitative estimate of drug-likeness (QED) is 0.473. The summed E-state index contributed by atoms with van der Waals surface area (Å²) >= 11 is 0. The van der Waals surface area contributed by atoms with E-state index in [1.54, 1.807) is 0 Å². The average molecular weight is 420 g/mol. The molecule has 0 amide bonds. The molecule has 2 aromatic carbocycles. The molecule has 0 aliphatic heterocycles. The van der Waals surface area contributed by atoms with Gasteiger partial charge in [-0.3, -0.25) is 4.79 Å². The van der Waals surface area contributed by atoms with Gasteiger partial charge in [0, 0.05) is 12.0 Å². The van der Waals surface area contributed by atoms with E-state index in [4.69, 9.17) is 13.9 Å². The maximum absolute atomic E-state index is 12.0. The van der Waals surface area contributed by atoms with Crippen LogP contribution < -0.4 is 4.74 Å². The van der Waals surface area contributed by atoms with Gasteiger partial charge in [-0.15, -0.1) is 0 Å². The Morgan fingerprint density at radius 1 is 1.23 bits per heavy atom. The summed E-state index contributed by atoms with van der Waals surface area (Å²) in [6.45, 7) is 4.43. The van der Waals surface area contributed by atoms with Gasteiger partial charge in [0.1, 0.15) is 11.5 Å². The monoisotopic (exact) mass is 419 g/mol. The van der Waals surface area contributed by atoms with Crippen LogP contribution in [0.3, 0.4) is 0 Å². The van der Waals surface area contributed by atoms with E-state index >= 15 is 0 Å². The van der Waals surface area contributed by atoms with Crippen molar-refractivity contribution in [2.75, 3.05) is 13.7 Å². The highest BCUT2D eigenvalue weighted by Gasteiger charge is 2.30. The molecule has 0 unspecified atom stereocenters. The highest BCUT2D eigenvalue weighted by molar-refractivity contribution is 5.73. The summed E-state index contributed by atoms with van der Waals surface area (Å²) in [5, 5.41) is 0. The lowest BCUT2D eigenvalue weighted by atomic mass is 9.76. The zero-order valence-electron chi connectivity index (χ0n) is 18.4. The van der Waals surface area contributed by atoms with Crippen molar-refractivity contribution in [2.24, 2.45) is 5.92 Å². The first-order valence-electron chi connectivity index (χ1n) is 10.9. The second-order valence-electron chi connectivity index (χ2n) is 8.16. The predicted octanol–water partition coefficient (Wildman–Crippen LogP) is 5.50. The maximum atomic E-state index is 12.0. The third kappa shape index (κ3) is 4.66. The molecule has 0 fully saturated rings. The van der Waals surface area contributed by atoms with E-state index < -0.39 is 0 Å². The summed E-state index contributed by atoms with van der Waals surface area (Å²) in [6.07, 6.45) is 3.78. The number of rotatable bonds is 7. The van der Waals surface area contributed by atoms with Crippen LogP contribution in [0.1, 0.15) is 48.3 Å². The summed E-state index contributed by atoms with van der Waals surface area (Å²) in [7, 11) is 1.46. The maximum Gasteiger partial charge on any atom is 0.308 e. The van der Waals surface area contributed by atoms with E-state index in [9.17, 15) is 4.79 Å². The van der Waals surface area contributed by atoms with Crippen molar-refractivity contribution < 1.29 is 18.7 Å². The highest BCUT2D eigenvalue weighted by Crippen LogP contribution is 2.38. The van der Waals surface area contributed by atoms with Gasteiger partial charge in [0.05, 0.1) is 25.3 Å². The fraction of sp³-hybridized carbons (Fsp3) is 0.385.